The molecular formula is C16H25N. The molecule has 17 heavy (non-hydrogen) atoms. The molecule has 1 aromatic carbocycles. The summed E-state index contributed by atoms with van der Waals surface area (Å²) < 4.78 is 0. The highest BCUT2D eigenvalue weighted by atomic mass is 15.1. The quantitative estimate of drug-likeness (QED) is 0.748. The van der Waals surface area contributed by atoms with Crippen molar-refractivity contribution in [3.63, 3.8) is 0 Å². The summed E-state index contributed by atoms with van der Waals surface area (Å²) in [6, 6.07) is 9.34. The smallest absolute Gasteiger partial charge is 0.00802 e. The highest BCUT2D eigenvalue weighted by molar-refractivity contribution is 5.31. The van der Waals surface area contributed by atoms with Crippen LogP contribution < -0.4 is 0 Å². The molecule has 0 aromatic heterocycles. The molecule has 2 rings (SSSR count). The highest BCUT2D eigenvalue weighted by Crippen LogP contribution is 2.44. The number of likely N-dealkylation sites (N-methyl/N-ethyl adjacent to an activating group) is 1. The van der Waals surface area contributed by atoms with Crippen LogP contribution in [0.3, 0.4) is 0 Å². The van der Waals surface area contributed by atoms with Crippen molar-refractivity contribution >= 4 is 0 Å². The molecule has 1 heteroatoms. The van der Waals surface area contributed by atoms with E-state index in [1.54, 1.807) is 5.56 Å². The minimum absolute atomic E-state index is 0.455. The molecule has 0 bridgehead atoms. The van der Waals surface area contributed by atoms with E-state index in [0.717, 1.165) is 13.0 Å². The number of rotatable bonds is 5. The third-order valence-electron chi connectivity index (χ3n) is 4.40. The van der Waals surface area contributed by atoms with Crippen LogP contribution in [0, 0.1) is 0 Å². The Kier molecular flexibility index (Phi) is 3.88. The SMILES string of the molecule is CCc1ccc(C2(CN(C)CC)CCC2)cc1. The fraction of sp³-hybridized carbons (Fsp3) is 0.625. The fourth-order valence-corrected chi connectivity index (χ4v) is 2.86. The van der Waals surface area contributed by atoms with Crippen molar-refractivity contribution < 1.29 is 0 Å². The first-order valence-electron chi connectivity index (χ1n) is 6.98. The second kappa shape index (κ2) is 5.22. The van der Waals surface area contributed by atoms with Crippen molar-refractivity contribution in [1.29, 1.82) is 0 Å². The zero-order valence-corrected chi connectivity index (χ0v) is 11.5. The van der Waals surface area contributed by atoms with Crippen LogP contribution in [0.4, 0.5) is 0 Å². The average molecular weight is 231 g/mol. The van der Waals surface area contributed by atoms with Crippen LogP contribution in [0.2, 0.25) is 0 Å². The van der Waals surface area contributed by atoms with Crippen molar-refractivity contribution in [2.45, 2.75) is 44.9 Å². The lowest BCUT2D eigenvalue weighted by Crippen LogP contribution is -2.44. The van der Waals surface area contributed by atoms with Crippen molar-refractivity contribution in [2.75, 3.05) is 20.1 Å². The number of benzene rings is 1. The number of nitrogens with zero attached hydrogens (tertiary/aromatic N) is 1. The topological polar surface area (TPSA) is 3.24 Å². The Morgan fingerprint density at radius 2 is 1.76 bits per heavy atom. The van der Waals surface area contributed by atoms with Gasteiger partial charge in [0.25, 0.3) is 0 Å². The Morgan fingerprint density at radius 1 is 1.12 bits per heavy atom. The molecule has 0 saturated heterocycles. The largest absolute Gasteiger partial charge is 0.306 e. The zero-order chi connectivity index (χ0) is 12.3. The standard InChI is InChI=1S/C16H25N/c1-4-14-7-9-15(10-8-14)16(11-6-12-16)13-17(3)5-2/h7-10H,4-6,11-13H2,1-3H3. The Hall–Kier alpha value is -0.820. The van der Waals surface area contributed by atoms with Crippen LogP contribution in [-0.4, -0.2) is 25.0 Å². The van der Waals surface area contributed by atoms with Gasteiger partial charge in [0.15, 0.2) is 0 Å². The lowest BCUT2D eigenvalue weighted by molar-refractivity contribution is 0.164. The van der Waals surface area contributed by atoms with E-state index in [1.165, 1.54) is 31.4 Å². The molecule has 0 amide bonds. The fourth-order valence-electron chi connectivity index (χ4n) is 2.86. The van der Waals surface area contributed by atoms with Gasteiger partial charge in [-0.05, 0) is 44.0 Å². The van der Waals surface area contributed by atoms with E-state index < -0.39 is 0 Å². The van der Waals surface area contributed by atoms with Crippen LogP contribution in [0.5, 0.6) is 0 Å². The van der Waals surface area contributed by atoms with Crippen LogP contribution in [-0.2, 0) is 11.8 Å². The van der Waals surface area contributed by atoms with E-state index in [4.69, 9.17) is 0 Å². The van der Waals surface area contributed by atoms with Gasteiger partial charge in [-0.15, -0.1) is 0 Å². The van der Waals surface area contributed by atoms with Crippen LogP contribution in [0.15, 0.2) is 24.3 Å². The maximum absolute atomic E-state index is 2.45. The second-order valence-corrected chi connectivity index (χ2v) is 5.51. The van der Waals surface area contributed by atoms with Gasteiger partial charge in [0.2, 0.25) is 0 Å². The van der Waals surface area contributed by atoms with Gasteiger partial charge in [-0.1, -0.05) is 44.5 Å². The summed E-state index contributed by atoms with van der Waals surface area (Å²) in [6.45, 7) is 6.83. The van der Waals surface area contributed by atoms with Gasteiger partial charge in [-0.25, -0.2) is 0 Å². The average Bonchev–Trinajstić information content (AvgIpc) is 2.33. The number of hydrogen-bond donors (Lipinski definition) is 0. The molecular weight excluding hydrogens is 206 g/mol. The van der Waals surface area contributed by atoms with Gasteiger partial charge < -0.3 is 4.90 Å². The molecule has 1 aliphatic rings. The predicted molar refractivity (Wildman–Crippen MR) is 74.5 cm³/mol. The molecule has 1 fully saturated rings. The van der Waals surface area contributed by atoms with Gasteiger partial charge in [-0.3, -0.25) is 0 Å². The molecule has 1 aliphatic carbocycles. The zero-order valence-electron chi connectivity index (χ0n) is 11.5. The number of aryl methyl sites for hydroxylation is 1. The van der Waals surface area contributed by atoms with Crippen molar-refractivity contribution in [3.05, 3.63) is 35.4 Å². The third kappa shape index (κ3) is 2.55. The third-order valence-corrected chi connectivity index (χ3v) is 4.40. The lowest BCUT2D eigenvalue weighted by atomic mass is 9.64. The van der Waals surface area contributed by atoms with Gasteiger partial charge in [0.05, 0.1) is 0 Å². The summed E-state index contributed by atoms with van der Waals surface area (Å²) in [5.74, 6) is 0. The molecule has 0 N–H and O–H groups in total. The molecule has 1 aromatic rings. The van der Waals surface area contributed by atoms with E-state index in [1.807, 2.05) is 0 Å². The summed E-state index contributed by atoms with van der Waals surface area (Å²) in [5.41, 5.74) is 3.46. The van der Waals surface area contributed by atoms with Gasteiger partial charge in [-0.2, -0.15) is 0 Å². The maximum Gasteiger partial charge on any atom is 0.00802 e. The van der Waals surface area contributed by atoms with E-state index in [9.17, 15) is 0 Å². The van der Waals surface area contributed by atoms with Crippen molar-refractivity contribution in [2.24, 2.45) is 0 Å². The van der Waals surface area contributed by atoms with E-state index in [0.29, 0.717) is 5.41 Å². The van der Waals surface area contributed by atoms with Crippen LogP contribution >= 0.6 is 0 Å². The Morgan fingerprint density at radius 3 is 2.18 bits per heavy atom. The van der Waals surface area contributed by atoms with Crippen LogP contribution in [0.1, 0.15) is 44.2 Å². The van der Waals surface area contributed by atoms with Gasteiger partial charge in [0.1, 0.15) is 0 Å². The number of hydrogen-bond acceptors (Lipinski definition) is 1. The summed E-state index contributed by atoms with van der Waals surface area (Å²) >= 11 is 0. The lowest BCUT2D eigenvalue weighted by Gasteiger charge is -2.45. The highest BCUT2D eigenvalue weighted by Gasteiger charge is 2.39. The molecule has 0 unspecified atom stereocenters. The van der Waals surface area contributed by atoms with Crippen LogP contribution in [0.25, 0.3) is 0 Å². The van der Waals surface area contributed by atoms with Crippen molar-refractivity contribution in [1.82, 2.24) is 4.90 Å². The molecule has 1 nitrogen and oxygen atoms in total. The first kappa shape index (κ1) is 12.6. The minimum atomic E-state index is 0.455. The summed E-state index contributed by atoms with van der Waals surface area (Å²) in [5, 5.41) is 0. The van der Waals surface area contributed by atoms with E-state index in [2.05, 4.69) is 50.1 Å². The van der Waals surface area contributed by atoms with Gasteiger partial charge in [0, 0.05) is 12.0 Å². The van der Waals surface area contributed by atoms with E-state index >= 15 is 0 Å². The molecule has 0 heterocycles. The monoisotopic (exact) mass is 231 g/mol. The molecule has 1 saturated carbocycles. The summed E-state index contributed by atoms with van der Waals surface area (Å²) in [4.78, 5) is 2.45. The first-order valence-corrected chi connectivity index (χ1v) is 6.98. The molecule has 0 spiro atoms. The molecule has 0 radical (unpaired) electrons. The Balaban J connectivity index is 2.16. The summed E-state index contributed by atoms with van der Waals surface area (Å²) in [6.07, 6.45) is 5.26. The van der Waals surface area contributed by atoms with E-state index in [-0.39, 0.29) is 0 Å². The molecule has 94 valence electrons. The summed E-state index contributed by atoms with van der Waals surface area (Å²) in [7, 11) is 2.24. The molecule has 0 atom stereocenters. The molecule has 0 aliphatic heterocycles. The Labute approximate surface area is 106 Å². The second-order valence-electron chi connectivity index (χ2n) is 5.51. The normalized spacial score (nSPS) is 18.1. The van der Waals surface area contributed by atoms with Gasteiger partial charge >= 0.3 is 0 Å². The van der Waals surface area contributed by atoms with Crippen molar-refractivity contribution in [3.8, 4) is 0 Å². The predicted octanol–water partition coefficient (Wildman–Crippen LogP) is 3.62. The Bertz CT molecular complexity index is 348. The maximum atomic E-state index is 2.45. The first-order chi connectivity index (χ1) is 8.20. The minimum Gasteiger partial charge on any atom is -0.306 e.